The second kappa shape index (κ2) is 8.15. The minimum atomic E-state index is 0.0945. The smallest absolute Gasteiger partial charge is 0.191 e. The standard InChI is InChI=1S/C18H26N4OS/c1-18(2,3)16-22-14(12-24-16)11-21-17(19-4)20-10-13-6-8-15(23-5)9-7-13/h6-9,12H,10-11H2,1-5H3,(H2,19,20,21). The number of aromatic nitrogens is 1. The fourth-order valence-electron chi connectivity index (χ4n) is 2.06. The van der Waals surface area contributed by atoms with Crippen molar-refractivity contribution in [2.75, 3.05) is 14.2 Å². The summed E-state index contributed by atoms with van der Waals surface area (Å²) in [5.74, 6) is 1.62. The number of hydrogen-bond donors (Lipinski definition) is 2. The molecule has 2 N–H and O–H groups in total. The van der Waals surface area contributed by atoms with Gasteiger partial charge in [-0.3, -0.25) is 4.99 Å². The first kappa shape index (κ1) is 18.3. The summed E-state index contributed by atoms with van der Waals surface area (Å²) in [7, 11) is 3.44. The number of rotatable bonds is 5. The van der Waals surface area contributed by atoms with Crippen LogP contribution in [0.1, 0.15) is 37.0 Å². The molecule has 0 saturated heterocycles. The Bertz CT molecular complexity index is 671. The highest BCUT2D eigenvalue weighted by atomic mass is 32.1. The summed E-state index contributed by atoms with van der Waals surface area (Å²) in [6, 6.07) is 7.98. The largest absolute Gasteiger partial charge is 0.497 e. The van der Waals surface area contributed by atoms with Crippen molar-refractivity contribution in [2.24, 2.45) is 4.99 Å². The summed E-state index contributed by atoms with van der Waals surface area (Å²) in [5, 5.41) is 9.86. The molecule has 0 radical (unpaired) electrons. The molecule has 5 nitrogen and oxygen atoms in total. The molecule has 6 heteroatoms. The quantitative estimate of drug-likeness (QED) is 0.644. The van der Waals surface area contributed by atoms with E-state index in [4.69, 9.17) is 4.74 Å². The lowest BCUT2D eigenvalue weighted by Gasteiger charge is -2.14. The molecule has 0 saturated carbocycles. The van der Waals surface area contributed by atoms with Crippen LogP contribution in [0, 0.1) is 0 Å². The molecule has 2 aromatic rings. The first-order chi connectivity index (χ1) is 11.4. The number of aliphatic imine (C=N–C) groups is 1. The maximum Gasteiger partial charge on any atom is 0.191 e. The Morgan fingerprint density at radius 1 is 1.17 bits per heavy atom. The topological polar surface area (TPSA) is 58.5 Å². The van der Waals surface area contributed by atoms with E-state index in [0.29, 0.717) is 13.1 Å². The molecule has 0 amide bonds. The average molecular weight is 347 g/mol. The van der Waals surface area contributed by atoms with Crippen LogP contribution in [0.25, 0.3) is 0 Å². The fraction of sp³-hybridized carbons (Fsp3) is 0.444. The summed E-state index contributed by atoms with van der Waals surface area (Å²) in [5.41, 5.74) is 2.30. The third-order valence-electron chi connectivity index (χ3n) is 3.47. The molecular weight excluding hydrogens is 320 g/mol. The van der Waals surface area contributed by atoms with E-state index in [2.05, 4.69) is 46.8 Å². The molecule has 0 spiro atoms. The summed E-state index contributed by atoms with van der Waals surface area (Å²) in [6.45, 7) is 7.90. The van der Waals surface area contributed by atoms with Crippen molar-refractivity contribution < 1.29 is 4.74 Å². The highest BCUT2D eigenvalue weighted by Gasteiger charge is 2.17. The Balaban J connectivity index is 1.85. The lowest BCUT2D eigenvalue weighted by atomic mass is 9.98. The summed E-state index contributed by atoms with van der Waals surface area (Å²) in [4.78, 5) is 8.94. The van der Waals surface area contributed by atoms with E-state index in [1.807, 2.05) is 24.3 Å². The van der Waals surface area contributed by atoms with Crippen LogP contribution in [0.4, 0.5) is 0 Å². The van der Waals surface area contributed by atoms with Gasteiger partial charge in [-0.2, -0.15) is 0 Å². The number of hydrogen-bond acceptors (Lipinski definition) is 4. The Morgan fingerprint density at radius 2 is 1.83 bits per heavy atom. The molecule has 2 rings (SSSR count). The highest BCUT2D eigenvalue weighted by molar-refractivity contribution is 7.09. The van der Waals surface area contributed by atoms with Gasteiger partial charge in [0.05, 0.1) is 24.4 Å². The van der Waals surface area contributed by atoms with Gasteiger partial charge in [-0.05, 0) is 17.7 Å². The van der Waals surface area contributed by atoms with E-state index < -0.39 is 0 Å². The van der Waals surface area contributed by atoms with Crippen LogP contribution >= 0.6 is 11.3 Å². The molecule has 0 aliphatic heterocycles. The van der Waals surface area contributed by atoms with Gasteiger partial charge in [-0.1, -0.05) is 32.9 Å². The molecule has 0 aliphatic rings. The van der Waals surface area contributed by atoms with Gasteiger partial charge in [-0.25, -0.2) is 4.98 Å². The SMILES string of the molecule is CN=C(NCc1ccc(OC)cc1)NCc1csc(C(C)(C)C)n1. The van der Waals surface area contributed by atoms with E-state index >= 15 is 0 Å². The summed E-state index contributed by atoms with van der Waals surface area (Å²) >= 11 is 1.71. The van der Waals surface area contributed by atoms with Gasteiger partial charge in [0.1, 0.15) is 5.75 Å². The molecule has 0 aliphatic carbocycles. The lowest BCUT2D eigenvalue weighted by Crippen LogP contribution is -2.36. The lowest BCUT2D eigenvalue weighted by molar-refractivity contribution is 0.414. The predicted octanol–water partition coefficient (Wildman–Crippen LogP) is 3.31. The molecule has 0 bridgehead atoms. The van der Waals surface area contributed by atoms with Gasteiger partial charge in [0, 0.05) is 24.4 Å². The summed E-state index contributed by atoms with van der Waals surface area (Å²) in [6.07, 6.45) is 0. The van der Waals surface area contributed by atoms with E-state index in [0.717, 1.165) is 22.4 Å². The predicted molar refractivity (Wildman–Crippen MR) is 101 cm³/mol. The third kappa shape index (κ3) is 5.23. The maximum atomic E-state index is 5.17. The van der Waals surface area contributed by atoms with E-state index in [-0.39, 0.29) is 5.41 Å². The molecule has 24 heavy (non-hydrogen) atoms. The number of methoxy groups -OCH3 is 1. The van der Waals surface area contributed by atoms with Gasteiger partial charge in [-0.15, -0.1) is 11.3 Å². The zero-order valence-corrected chi connectivity index (χ0v) is 15.8. The Morgan fingerprint density at radius 3 is 2.38 bits per heavy atom. The number of thiazole rings is 1. The Labute approximate surface area is 148 Å². The number of guanidine groups is 1. The second-order valence-corrected chi connectivity index (χ2v) is 7.38. The third-order valence-corrected chi connectivity index (χ3v) is 4.79. The van der Waals surface area contributed by atoms with Crippen LogP contribution in [0.2, 0.25) is 0 Å². The van der Waals surface area contributed by atoms with Crippen molar-refractivity contribution >= 4 is 17.3 Å². The van der Waals surface area contributed by atoms with E-state index in [1.165, 1.54) is 5.56 Å². The van der Waals surface area contributed by atoms with Crippen molar-refractivity contribution in [3.63, 3.8) is 0 Å². The molecular formula is C18H26N4OS. The summed E-state index contributed by atoms with van der Waals surface area (Å²) < 4.78 is 5.17. The van der Waals surface area contributed by atoms with Gasteiger partial charge >= 0.3 is 0 Å². The minimum Gasteiger partial charge on any atom is -0.497 e. The first-order valence-corrected chi connectivity index (χ1v) is 8.82. The molecule has 0 fully saturated rings. The number of ether oxygens (including phenoxy) is 1. The number of nitrogens with one attached hydrogen (secondary N) is 2. The number of nitrogens with zero attached hydrogens (tertiary/aromatic N) is 2. The zero-order chi connectivity index (χ0) is 17.6. The van der Waals surface area contributed by atoms with Gasteiger partial charge < -0.3 is 15.4 Å². The Hall–Kier alpha value is -2.08. The minimum absolute atomic E-state index is 0.0945. The Kier molecular flexibility index (Phi) is 6.20. The average Bonchev–Trinajstić information content (AvgIpc) is 3.05. The van der Waals surface area contributed by atoms with Crippen LogP contribution in [0.5, 0.6) is 5.75 Å². The van der Waals surface area contributed by atoms with Gasteiger partial charge in [0.25, 0.3) is 0 Å². The van der Waals surface area contributed by atoms with Gasteiger partial charge in [0.2, 0.25) is 0 Å². The molecule has 1 heterocycles. The number of benzene rings is 1. The maximum absolute atomic E-state index is 5.17. The highest BCUT2D eigenvalue weighted by Crippen LogP contribution is 2.25. The zero-order valence-electron chi connectivity index (χ0n) is 15.0. The second-order valence-electron chi connectivity index (χ2n) is 6.52. The van der Waals surface area contributed by atoms with Crippen molar-refractivity contribution in [3.8, 4) is 5.75 Å². The van der Waals surface area contributed by atoms with E-state index in [9.17, 15) is 0 Å². The van der Waals surface area contributed by atoms with Crippen molar-refractivity contribution in [1.82, 2.24) is 15.6 Å². The van der Waals surface area contributed by atoms with E-state index in [1.54, 1.807) is 25.5 Å². The molecule has 0 unspecified atom stereocenters. The van der Waals surface area contributed by atoms with Gasteiger partial charge in [0.15, 0.2) is 5.96 Å². The molecule has 1 aromatic heterocycles. The van der Waals surface area contributed by atoms with Crippen molar-refractivity contribution in [3.05, 3.63) is 45.9 Å². The van der Waals surface area contributed by atoms with Crippen LogP contribution in [-0.2, 0) is 18.5 Å². The molecule has 130 valence electrons. The fourth-order valence-corrected chi connectivity index (χ4v) is 2.96. The van der Waals surface area contributed by atoms with Crippen molar-refractivity contribution in [1.29, 1.82) is 0 Å². The van der Waals surface area contributed by atoms with Crippen LogP contribution < -0.4 is 15.4 Å². The van der Waals surface area contributed by atoms with Crippen molar-refractivity contribution in [2.45, 2.75) is 39.3 Å². The van der Waals surface area contributed by atoms with Crippen LogP contribution in [0.3, 0.4) is 0 Å². The normalized spacial score (nSPS) is 12.1. The first-order valence-electron chi connectivity index (χ1n) is 7.94. The van der Waals surface area contributed by atoms with Crippen LogP contribution in [-0.4, -0.2) is 25.1 Å². The molecule has 0 atom stereocenters. The monoisotopic (exact) mass is 346 g/mol. The van der Waals surface area contributed by atoms with Crippen LogP contribution in [0.15, 0.2) is 34.6 Å². The molecule has 1 aromatic carbocycles.